The van der Waals surface area contributed by atoms with Crippen LogP contribution in [0.4, 0.5) is 0 Å². The standard InChI is InChI=1S/C21H40N2O/c1-2-19-24-20-15-13-11-9-7-5-3-4-6-8-10-12-14-17-23-18-16-22-21-23/h16,18,21H,2-15,17,19-20H2,1H3. The van der Waals surface area contributed by atoms with Crippen molar-refractivity contribution in [3.8, 4) is 0 Å². The van der Waals surface area contributed by atoms with Crippen molar-refractivity contribution in [1.82, 2.24) is 9.55 Å². The van der Waals surface area contributed by atoms with Crippen LogP contribution in [0, 0.1) is 0 Å². The zero-order valence-corrected chi connectivity index (χ0v) is 16.1. The normalized spacial score (nSPS) is 11.2. The van der Waals surface area contributed by atoms with Gasteiger partial charge in [-0.2, -0.15) is 0 Å². The quantitative estimate of drug-likeness (QED) is 0.291. The van der Waals surface area contributed by atoms with E-state index in [1.807, 2.05) is 12.5 Å². The first-order valence-corrected chi connectivity index (χ1v) is 10.5. The first kappa shape index (κ1) is 21.2. The molecule has 0 bridgehead atoms. The van der Waals surface area contributed by atoms with E-state index in [4.69, 9.17) is 4.74 Å². The van der Waals surface area contributed by atoms with Crippen LogP contribution < -0.4 is 0 Å². The van der Waals surface area contributed by atoms with E-state index in [1.54, 1.807) is 0 Å². The average Bonchev–Trinajstić information content (AvgIpc) is 3.11. The minimum Gasteiger partial charge on any atom is -0.381 e. The third-order valence-electron chi connectivity index (χ3n) is 4.61. The molecule has 1 aromatic rings. The summed E-state index contributed by atoms with van der Waals surface area (Å²) in [5.41, 5.74) is 0. The molecule has 0 aliphatic heterocycles. The summed E-state index contributed by atoms with van der Waals surface area (Å²) < 4.78 is 7.68. The molecule has 1 aromatic heterocycles. The monoisotopic (exact) mass is 336 g/mol. The molecule has 0 N–H and O–H groups in total. The maximum Gasteiger partial charge on any atom is 0.0945 e. The molecule has 0 saturated carbocycles. The van der Waals surface area contributed by atoms with E-state index in [0.29, 0.717) is 0 Å². The Morgan fingerprint density at radius 3 is 1.75 bits per heavy atom. The lowest BCUT2D eigenvalue weighted by Crippen LogP contribution is -1.95. The molecule has 0 aliphatic rings. The molecule has 140 valence electrons. The van der Waals surface area contributed by atoms with Crippen molar-refractivity contribution in [3.05, 3.63) is 18.7 Å². The van der Waals surface area contributed by atoms with Gasteiger partial charge in [-0.25, -0.2) is 4.98 Å². The van der Waals surface area contributed by atoms with Gasteiger partial charge < -0.3 is 9.30 Å². The number of aryl methyl sites for hydroxylation is 1. The fourth-order valence-electron chi connectivity index (χ4n) is 3.11. The highest BCUT2D eigenvalue weighted by atomic mass is 16.5. The lowest BCUT2D eigenvalue weighted by Gasteiger charge is -2.04. The molecule has 1 rings (SSSR count). The van der Waals surface area contributed by atoms with Crippen molar-refractivity contribution < 1.29 is 4.74 Å². The van der Waals surface area contributed by atoms with Crippen molar-refractivity contribution in [2.24, 2.45) is 0 Å². The van der Waals surface area contributed by atoms with Crippen LogP contribution in [0.15, 0.2) is 18.7 Å². The van der Waals surface area contributed by atoms with E-state index >= 15 is 0 Å². The summed E-state index contributed by atoms with van der Waals surface area (Å²) in [6.07, 6.45) is 25.0. The van der Waals surface area contributed by atoms with E-state index in [1.165, 1.54) is 83.5 Å². The van der Waals surface area contributed by atoms with Crippen molar-refractivity contribution in [3.63, 3.8) is 0 Å². The van der Waals surface area contributed by atoms with Gasteiger partial charge >= 0.3 is 0 Å². The van der Waals surface area contributed by atoms with E-state index in [-0.39, 0.29) is 0 Å². The van der Waals surface area contributed by atoms with Gasteiger partial charge in [0.1, 0.15) is 0 Å². The predicted molar refractivity (Wildman–Crippen MR) is 103 cm³/mol. The van der Waals surface area contributed by atoms with Crippen molar-refractivity contribution in [1.29, 1.82) is 0 Å². The summed E-state index contributed by atoms with van der Waals surface area (Å²) in [5.74, 6) is 0. The van der Waals surface area contributed by atoms with Gasteiger partial charge in [0.25, 0.3) is 0 Å². The zero-order valence-electron chi connectivity index (χ0n) is 16.1. The number of nitrogens with zero attached hydrogens (tertiary/aromatic N) is 2. The summed E-state index contributed by atoms with van der Waals surface area (Å²) in [4.78, 5) is 4.07. The molecule has 0 aromatic carbocycles. The van der Waals surface area contributed by atoms with Crippen LogP contribution in [0.25, 0.3) is 0 Å². The second-order valence-corrected chi connectivity index (χ2v) is 7.01. The van der Waals surface area contributed by atoms with Crippen LogP contribution in [-0.2, 0) is 11.3 Å². The molecule has 3 nitrogen and oxygen atoms in total. The molecule has 0 aliphatic carbocycles. The van der Waals surface area contributed by atoms with Gasteiger partial charge in [-0.1, -0.05) is 77.6 Å². The minimum atomic E-state index is 0.935. The van der Waals surface area contributed by atoms with Gasteiger partial charge in [-0.3, -0.25) is 0 Å². The summed E-state index contributed by atoms with van der Waals surface area (Å²) in [6, 6.07) is 0. The number of hydrogen-bond acceptors (Lipinski definition) is 2. The Morgan fingerprint density at radius 1 is 0.708 bits per heavy atom. The molecule has 0 saturated heterocycles. The van der Waals surface area contributed by atoms with E-state index < -0.39 is 0 Å². The Hall–Kier alpha value is -0.830. The lowest BCUT2D eigenvalue weighted by atomic mass is 10.0. The van der Waals surface area contributed by atoms with E-state index in [9.17, 15) is 0 Å². The zero-order chi connectivity index (χ0) is 17.1. The van der Waals surface area contributed by atoms with Crippen molar-refractivity contribution >= 4 is 0 Å². The summed E-state index contributed by atoms with van der Waals surface area (Å²) in [6.45, 7) is 5.20. The van der Waals surface area contributed by atoms with Crippen LogP contribution in [0.3, 0.4) is 0 Å². The highest BCUT2D eigenvalue weighted by Crippen LogP contribution is 2.12. The molecule has 0 radical (unpaired) electrons. The first-order valence-electron chi connectivity index (χ1n) is 10.5. The number of aromatic nitrogens is 2. The molecule has 0 fully saturated rings. The third-order valence-corrected chi connectivity index (χ3v) is 4.61. The Bertz CT molecular complexity index is 338. The molecule has 0 spiro atoms. The molecule has 1 heterocycles. The lowest BCUT2D eigenvalue weighted by molar-refractivity contribution is 0.130. The van der Waals surface area contributed by atoms with Crippen LogP contribution >= 0.6 is 0 Å². The number of imidazole rings is 1. The maximum absolute atomic E-state index is 5.50. The van der Waals surface area contributed by atoms with Crippen LogP contribution in [0.5, 0.6) is 0 Å². The summed E-state index contributed by atoms with van der Waals surface area (Å²) in [7, 11) is 0. The molecular weight excluding hydrogens is 296 g/mol. The van der Waals surface area contributed by atoms with Gasteiger partial charge in [0.15, 0.2) is 0 Å². The smallest absolute Gasteiger partial charge is 0.0945 e. The largest absolute Gasteiger partial charge is 0.381 e. The molecule has 24 heavy (non-hydrogen) atoms. The van der Waals surface area contributed by atoms with Gasteiger partial charge in [0.2, 0.25) is 0 Å². The Labute approximate surface area is 150 Å². The summed E-state index contributed by atoms with van der Waals surface area (Å²) in [5, 5.41) is 0. The summed E-state index contributed by atoms with van der Waals surface area (Å²) >= 11 is 0. The fourth-order valence-corrected chi connectivity index (χ4v) is 3.11. The Morgan fingerprint density at radius 2 is 1.25 bits per heavy atom. The van der Waals surface area contributed by atoms with E-state index in [2.05, 4.69) is 22.7 Å². The molecule has 0 atom stereocenters. The van der Waals surface area contributed by atoms with Crippen LogP contribution in [0.1, 0.15) is 96.8 Å². The number of ether oxygens (including phenoxy) is 1. The topological polar surface area (TPSA) is 27.1 Å². The molecule has 0 amide bonds. The third kappa shape index (κ3) is 13.6. The molecule has 3 heteroatoms. The van der Waals surface area contributed by atoms with Crippen molar-refractivity contribution in [2.75, 3.05) is 13.2 Å². The van der Waals surface area contributed by atoms with Crippen LogP contribution in [0.2, 0.25) is 0 Å². The second-order valence-electron chi connectivity index (χ2n) is 7.01. The number of rotatable bonds is 18. The molecular formula is C21H40N2O. The SMILES string of the molecule is CCCOCCCCCCCCCCCCCCCn1ccnc1. The number of unbranched alkanes of at least 4 members (excludes halogenated alkanes) is 12. The molecule has 0 unspecified atom stereocenters. The minimum absolute atomic E-state index is 0.935. The van der Waals surface area contributed by atoms with Gasteiger partial charge in [-0.15, -0.1) is 0 Å². The predicted octanol–water partition coefficient (Wildman–Crippen LogP) is 6.38. The second kappa shape index (κ2) is 17.0. The van der Waals surface area contributed by atoms with Crippen molar-refractivity contribution in [2.45, 2.75) is 103 Å². The average molecular weight is 337 g/mol. The van der Waals surface area contributed by atoms with Crippen LogP contribution in [-0.4, -0.2) is 22.8 Å². The highest BCUT2D eigenvalue weighted by molar-refractivity contribution is 4.73. The van der Waals surface area contributed by atoms with E-state index in [0.717, 1.165) is 26.2 Å². The van der Waals surface area contributed by atoms with Gasteiger partial charge in [0.05, 0.1) is 6.33 Å². The van der Waals surface area contributed by atoms with Gasteiger partial charge in [-0.05, 0) is 19.3 Å². The fraction of sp³-hybridized carbons (Fsp3) is 0.857. The maximum atomic E-state index is 5.50. The Balaban J connectivity index is 1.66. The Kier molecular flexibility index (Phi) is 15.0. The number of hydrogen-bond donors (Lipinski definition) is 0. The highest BCUT2D eigenvalue weighted by Gasteiger charge is 1.95. The first-order chi connectivity index (χ1) is 11.9. The van der Waals surface area contributed by atoms with Gasteiger partial charge in [0, 0.05) is 32.2 Å².